The Morgan fingerprint density at radius 2 is 1.96 bits per heavy atom. The van der Waals surface area contributed by atoms with Crippen molar-refractivity contribution >= 4 is 5.97 Å². The predicted octanol–water partition coefficient (Wildman–Crippen LogP) is 4.59. The van der Waals surface area contributed by atoms with Gasteiger partial charge in [-0.15, -0.1) is 0 Å². The lowest BCUT2D eigenvalue weighted by atomic mass is 9.66. The van der Waals surface area contributed by atoms with Crippen molar-refractivity contribution in [3.8, 4) is 0 Å². The van der Waals surface area contributed by atoms with Gasteiger partial charge in [-0.3, -0.25) is 0 Å². The van der Waals surface area contributed by atoms with E-state index in [4.69, 9.17) is 4.74 Å². The molecule has 1 aromatic carbocycles. The van der Waals surface area contributed by atoms with Crippen molar-refractivity contribution in [2.75, 3.05) is 6.61 Å². The van der Waals surface area contributed by atoms with Gasteiger partial charge < -0.3 is 9.84 Å². The van der Waals surface area contributed by atoms with E-state index in [1.165, 1.54) is 12.8 Å². The van der Waals surface area contributed by atoms with E-state index in [-0.39, 0.29) is 5.97 Å². The molecule has 0 bridgehead atoms. The Kier molecular flexibility index (Phi) is 5.00. The number of hydrogen-bond donors (Lipinski definition) is 1. The Balaban J connectivity index is 1.43. The second-order valence-electron chi connectivity index (χ2n) is 8.47. The molecule has 1 N–H and O–H groups in total. The third kappa shape index (κ3) is 3.83. The Bertz CT molecular complexity index is 566. The first-order valence-corrected chi connectivity index (χ1v) is 9.34. The topological polar surface area (TPSA) is 46.5 Å². The Morgan fingerprint density at radius 1 is 1.21 bits per heavy atom. The van der Waals surface area contributed by atoms with E-state index in [9.17, 15) is 9.90 Å². The van der Waals surface area contributed by atoms with Crippen molar-refractivity contribution in [2.45, 2.75) is 64.4 Å². The summed E-state index contributed by atoms with van der Waals surface area (Å²) in [5.74, 6) is 1.17. The molecule has 2 fully saturated rings. The fourth-order valence-corrected chi connectivity index (χ4v) is 4.92. The highest BCUT2D eigenvalue weighted by molar-refractivity contribution is 5.89. The molecule has 0 heterocycles. The summed E-state index contributed by atoms with van der Waals surface area (Å²) in [6.07, 6.45) is 6.96. The minimum Gasteiger partial charge on any atom is -0.462 e. The van der Waals surface area contributed by atoms with E-state index < -0.39 is 5.60 Å². The van der Waals surface area contributed by atoms with Crippen LogP contribution < -0.4 is 0 Å². The summed E-state index contributed by atoms with van der Waals surface area (Å²) in [6, 6.07) is 9.08. The minimum atomic E-state index is -0.555. The zero-order valence-electron chi connectivity index (χ0n) is 15.0. The summed E-state index contributed by atoms with van der Waals surface area (Å²) in [7, 11) is 0. The van der Waals surface area contributed by atoms with Crippen molar-refractivity contribution in [2.24, 2.45) is 17.3 Å². The molecular formula is C21H30O3. The van der Waals surface area contributed by atoms with E-state index in [0.29, 0.717) is 23.5 Å². The van der Waals surface area contributed by atoms with Crippen molar-refractivity contribution < 1.29 is 14.6 Å². The quantitative estimate of drug-likeness (QED) is 0.634. The Morgan fingerprint density at radius 3 is 2.71 bits per heavy atom. The van der Waals surface area contributed by atoms with Gasteiger partial charge in [-0.2, -0.15) is 0 Å². The normalized spacial score (nSPS) is 31.5. The maximum Gasteiger partial charge on any atom is 0.338 e. The van der Waals surface area contributed by atoms with Crippen LogP contribution in [0.3, 0.4) is 0 Å². The van der Waals surface area contributed by atoms with Gasteiger partial charge in [0.05, 0.1) is 17.8 Å². The van der Waals surface area contributed by atoms with Gasteiger partial charge in [-0.25, -0.2) is 4.79 Å². The van der Waals surface area contributed by atoms with E-state index >= 15 is 0 Å². The smallest absolute Gasteiger partial charge is 0.338 e. The SMILES string of the molecule is CC1(C)CCC2CC(O)(CCCOC(=O)c3ccccc3)CCC21. The standard InChI is InChI=1S/C21H30O3/c1-20(2)12-9-17-15-21(23,13-10-18(17)20)11-6-14-24-19(22)16-7-4-3-5-8-16/h3-5,7-8,17-18,23H,6,9-15H2,1-2H3. The van der Waals surface area contributed by atoms with E-state index in [1.54, 1.807) is 12.1 Å². The van der Waals surface area contributed by atoms with Crippen LogP contribution in [0, 0.1) is 17.3 Å². The van der Waals surface area contributed by atoms with Crippen molar-refractivity contribution in [1.29, 1.82) is 0 Å². The van der Waals surface area contributed by atoms with Crippen LogP contribution in [0.15, 0.2) is 30.3 Å². The summed E-state index contributed by atoms with van der Waals surface area (Å²) in [6.45, 7) is 5.14. The zero-order chi connectivity index (χ0) is 17.2. The number of carbonyl (C=O) groups is 1. The van der Waals surface area contributed by atoms with Gasteiger partial charge in [0.1, 0.15) is 0 Å². The van der Waals surface area contributed by atoms with Gasteiger partial charge in [0.2, 0.25) is 0 Å². The molecular weight excluding hydrogens is 300 g/mol. The van der Waals surface area contributed by atoms with Gasteiger partial charge in [-0.1, -0.05) is 32.0 Å². The first-order chi connectivity index (χ1) is 11.4. The van der Waals surface area contributed by atoms with Crippen molar-refractivity contribution in [3.63, 3.8) is 0 Å². The molecule has 0 saturated heterocycles. The van der Waals surface area contributed by atoms with E-state index in [0.717, 1.165) is 38.0 Å². The molecule has 0 radical (unpaired) electrons. The molecule has 3 heteroatoms. The van der Waals surface area contributed by atoms with Gasteiger partial charge in [0.25, 0.3) is 0 Å². The molecule has 132 valence electrons. The monoisotopic (exact) mass is 330 g/mol. The third-order valence-electron chi connectivity index (χ3n) is 6.32. The molecule has 3 nitrogen and oxygen atoms in total. The molecule has 3 unspecified atom stereocenters. The van der Waals surface area contributed by atoms with Crippen LogP contribution in [-0.2, 0) is 4.74 Å². The lowest BCUT2D eigenvalue weighted by Gasteiger charge is -2.42. The first-order valence-electron chi connectivity index (χ1n) is 9.34. The maximum atomic E-state index is 11.9. The first kappa shape index (κ1) is 17.5. The number of aliphatic hydroxyl groups is 1. The molecule has 2 aliphatic carbocycles. The zero-order valence-corrected chi connectivity index (χ0v) is 15.0. The number of rotatable bonds is 5. The van der Waals surface area contributed by atoms with Gasteiger partial charge in [-0.05, 0) is 74.3 Å². The molecule has 0 aromatic heterocycles. The van der Waals surface area contributed by atoms with Crippen molar-refractivity contribution in [1.82, 2.24) is 0 Å². The number of esters is 1. The average molecular weight is 330 g/mol. The second kappa shape index (κ2) is 6.87. The highest BCUT2D eigenvalue weighted by Gasteiger charge is 2.48. The fourth-order valence-electron chi connectivity index (χ4n) is 4.92. The number of fused-ring (bicyclic) bond motifs is 1. The second-order valence-corrected chi connectivity index (χ2v) is 8.47. The van der Waals surface area contributed by atoms with Crippen LogP contribution in [0.2, 0.25) is 0 Å². The highest BCUT2D eigenvalue weighted by Crippen LogP contribution is 2.55. The van der Waals surface area contributed by atoms with E-state index in [1.807, 2.05) is 18.2 Å². The third-order valence-corrected chi connectivity index (χ3v) is 6.32. The van der Waals surface area contributed by atoms with Gasteiger partial charge in [0.15, 0.2) is 0 Å². The fraction of sp³-hybridized carbons (Fsp3) is 0.667. The molecule has 2 saturated carbocycles. The number of benzene rings is 1. The summed E-state index contributed by atoms with van der Waals surface area (Å²) >= 11 is 0. The number of ether oxygens (including phenoxy) is 1. The Labute approximate surface area is 145 Å². The predicted molar refractivity (Wildman–Crippen MR) is 94.8 cm³/mol. The molecule has 2 aliphatic rings. The molecule has 3 rings (SSSR count). The van der Waals surface area contributed by atoms with Crippen LogP contribution in [0.1, 0.15) is 69.2 Å². The van der Waals surface area contributed by atoms with Gasteiger partial charge in [0, 0.05) is 0 Å². The lowest BCUT2D eigenvalue weighted by Crippen LogP contribution is -2.40. The number of hydrogen-bond acceptors (Lipinski definition) is 3. The highest BCUT2D eigenvalue weighted by atomic mass is 16.5. The summed E-state index contributed by atoms with van der Waals surface area (Å²) in [5.41, 5.74) is 0.475. The van der Waals surface area contributed by atoms with Crippen LogP contribution in [-0.4, -0.2) is 23.3 Å². The van der Waals surface area contributed by atoms with E-state index in [2.05, 4.69) is 13.8 Å². The largest absolute Gasteiger partial charge is 0.462 e. The van der Waals surface area contributed by atoms with Crippen molar-refractivity contribution in [3.05, 3.63) is 35.9 Å². The molecule has 0 amide bonds. The summed E-state index contributed by atoms with van der Waals surface area (Å²) < 4.78 is 5.33. The molecule has 0 aliphatic heterocycles. The number of carbonyl (C=O) groups excluding carboxylic acids is 1. The molecule has 0 spiro atoms. The summed E-state index contributed by atoms with van der Waals surface area (Å²) in [5, 5.41) is 10.9. The maximum absolute atomic E-state index is 11.9. The van der Waals surface area contributed by atoms with Crippen LogP contribution in [0.5, 0.6) is 0 Å². The minimum absolute atomic E-state index is 0.274. The van der Waals surface area contributed by atoms with Crippen LogP contribution in [0.25, 0.3) is 0 Å². The van der Waals surface area contributed by atoms with Crippen LogP contribution >= 0.6 is 0 Å². The van der Waals surface area contributed by atoms with Gasteiger partial charge >= 0.3 is 5.97 Å². The molecule has 1 aromatic rings. The molecule has 3 atom stereocenters. The Hall–Kier alpha value is -1.35. The van der Waals surface area contributed by atoms with Crippen LogP contribution in [0.4, 0.5) is 0 Å². The molecule has 24 heavy (non-hydrogen) atoms. The average Bonchev–Trinajstić information content (AvgIpc) is 2.86. The summed E-state index contributed by atoms with van der Waals surface area (Å²) in [4.78, 5) is 11.9. The lowest BCUT2D eigenvalue weighted by molar-refractivity contribution is -0.0504.